The van der Waals surface area contributed by atoms with Gasteiger partial charge in [0.1, 0.15) is 12.2 Å². The van der Waals surface area contributed by atoms with Gasteiger partial charge in [0.15, 0.2) is 6.23 Å². The summed E-state index contributed by atoms with van der Waals surface area (Å²) in [5.41, 5.74) is 4.03. The van der Waals surface area contributed by atoms with Crippen molar-refractivity contribution in [3.63, 3.8) is 0 Å². The number of phosphoric ester groups is 1. The molecule has 2 aliphatic heterocycles. The van der Waals surface area contributed by atoms with Crippen LogP contribution in [0.25, 0.3) is 0 Å². The Labute approximate surface area is 156 Å². The number of aromatic nitrogens is 2. The number of H-pyrrole nitrogens is 1. The van der Waals surface area contributed by atoms with Crippen LogP contribution in [0, 0.1) is 5.92 Å². The minimum Gasteiger partial charge on any atom is -0.347 e. The van der Waals surface area contributed by atoms with E-state index in [1.165, 1.54) is 16.8 Å². The van der Waals surface area contributed by atoms with Crippen molar-refractivity contribution in [3.8, 4) is 0 Å². The van der Waals surface area contributed by atoms with E-state index in [9.17, 15) is 14.2 Å². The van der Waals surface area contributed by atoms with Crippen molar-refractivity contribution in [1.29, 1.82) is 0 Å². The molecule has 1 aromatic heterocycles. The van der Waals surface area contributed by atoms with Gasteiger partial charge in [0, 0.05) is 12.3 Å². The van der Waals surface area contributed by atoms with E-state index in [1.807, 2.05) is 13.8 Å². The zero-order valence-electron chi connectivity index (χ0n) is 15.6. The Balaban J connectivity index is 1.79. The summed E-state index contributed by atoms with van der Waals surface area (Å²) >= 11 is 0. The first kappa shape index (κ1) is 20.4. The van der Waals surface area contributed by atoms with Gasteiger partial charge in [-0.2, -0.15) is 0 Å². The van der Waals surface area contributed by atoms with Crippen LogP contribution >= 0.6 is 7.82 Å². The van der Waals surface area contributed by atoms with E-state index in [0.29, 0.717) is 0 Å². The Morgan fingerprint density at radius 2 is 2.15 bits per heavy atom. The highest BCUT2D eigenvalue weighted by Crippen LogP contribution is 2.58. The molecule has 0 radical (unpaired) electrons. The molecule has 0 saturated carbocycles. The fourth-order valence-corrected chi connectivity index (χ4v) is 4.89. The number of hydrogen-bond acceptors (Lipinski definition) is 8. The topological polar surface area (TPSA) is 135 Å². The van der Waals surface area contributed by atoms with Crippen LogP contribution in [0.1, 0.15) is 39.8 Å². The number of nitrogens with two attached hydrogens (primary N) is 1. The number of rotatable bonds is 6. The van der Waals surface area contributed by atoms with E-state index in [-0.39, 0.29) is 19.1 Å². The SMILES string of the molecule is CCC(CC)CO[P@@]1(=O)OCC2O[C@@H](n3ccc(=O)[nH]c3=O)[C@](C)(N)[C@@H]2O1. The molecular weight excluding hydrogens is 377 g/mol. The van der Waals surface area contributed by atoms with Crippen molar-refractivity contribution in [2.45, 2.75) is 57.6 Å². The summed E-state index contributed by atoms with van der Waals surface area (Å²) in [6.45, 7) is 5.91. The standard InChI is InChI=1S/C16H26N3O7P/c1-4-10(5-2)8-23-27(22)24-9-11-13(26-27)16(3,17)14(25-11)19-7-6-12(20)18-15(19)21/h6-7,10-11,13-14H,4-5,8-9,17H2,1-3H3,(H,18,20,21)/t11?,13-,14-,16-,27+/m1/s1. The van der Waals surface area contributed by atoms with Crippen LogP contribution in [0.2, 0.25) is 0 Å². The van der Waals surface area contributed by atoms with Crippen molar-refractivity contribution in [3.05, 3.63) is 33.1 Å². The second kappa shape index (κ2) is 7.62. The molecule has 1 unspecified atom stereocenters. The quantitative estimate of drug-likeness (QED) is 0.675. The summed E-state index contributed by atoms with van der Waals surface area (Å²) < 4.78 is 36.3. The number of ether oxygens (including phenoxy) is 1. The molecule has 0 aliphatic carbocycles. The van der Waals surface area contributed by atoms with Gasteiger partial charge in [0.2, 0.25) is 0 Å². The Bertz CT molecular complexity index is 832. The minimum absolute atomic E-state index is 0.0355. The third kappa shape index (κ3) is 3.96. The number of nitrogens with one attached hydrogen (secondary N) is 1. The first-order chi connectivity index (χ1) is 12.7. The highest BCUT2D eigenvalue weighted by Gasteiger charge is 2.59. The lowest BCUT2D eigenvalue weighted by Crippen LogP contribution is -2.55. The highest BCUT2D eigenvalue weighted by atomic mass is 31.2. The molecule has 27 heavy (non-hydrogen) atoms. The molecular formula is C16H26N3O7P. The summed E-state index contributed by atoms with van der Waals surface area (Å²) in [5, 5.41) is 0. The molecule has 0 spiro atoms. The Kier molecular flexibility index (Phi) is 5.77. The van der Waals surface area contributed by atoms with Crippen LogP contribution in [0.4, 0.5) is 0 Å². The van der Waals surface area contributed by atoms with E-state index in [2.05, 4.69) is 4.98 Å². The van der Waals surface area contributed by atoms with Crippen LogP contribution in [-0.2, 0) is 22.9 Å². The molecule has 2 fully saturated rings. The van der Waals surface area contributed by atoms with E-state index in [4.69, 9.17) is 24.0 Å². The predicted octanol–water partition coefficient (Wildman–Crippen LogP) is 1.13. The summed E-state index contributed by atoms with van der Waals surface area (Å²) in [7, 11) is -3.79. The Morgan fingerprint density at radius 1 is 1.44 bits per heavy atom. The van der Waals surface area contributed by atoms with Gasteiger partial charge in [0.05, 0.1) is 18.8 Å². The largest absolute Gasteiger partial charge is 0.475 e. The lowest BCUT2D eigenvalue weighted by molar-refractivity contribution is -0.0733. The van der Waals surface area contributed by atoms with Crippen molar-refractivity contribution < 1.29 is 22.9 Å². The second-order valence-corrected chi connectivity index (χ2v) is 8.78. The lowest BCUT2D eigenvalue weighted by Gasteiger charge is -2.36. The van der Waals surface area contributed by atoms with Gasteiger partial charge in [-0.05, 0) is 12.8 Å². The predicted molar refractivity (Wildman–Crippen MR) is 96.3 cm³/mol. The van der Waals surface area contributed by atoms with Gasteiger partial charge in [-0.15, -0.1) is 0 Å². The lowest BCUT2D eigenvalue weighted by atomic mass is 9.93. The molecule has 0 aromatic carbocycles. The summed E-state index contributed by atoms with van der Waals surface area (Å²) in [6, 6.07) is 1.20. The number of hydrogen-bond donors (Lipinski definition) is 2. The molecule has 152 valence electrons. The van der Waals surface area contributed by atoms with Crippen molar-refractivity contribution in [2.24, 2.45) is 11.7 Å². The first-order valence-electron chi connectivity index (χ1n) is 9.03. The van der Waals surface area contributed by atoms with Crippen molar-refractivity contribution in [2.75, 3.05) is 13.2 Å². The average Bonchev–Trinajstić information content (AvgIpc) is 2.86. The third-order valence-electron chi connectivity index (χ3n) is 5.15. The van der Waals surface area contributed by atoms with Crippen LogP contribution < -0.4 is 17.0 Å². The van der Waals surface area contributed by atoms with Gasteiger partial charge in [-0.3, -0.25) is 27.9 Å². The summed E-state index contributed by atoms with van der Waals surface area (Å²) in [6.07, 6.45) is 0.726. The first-order valence-corrected chi connectivity index (χ1v) is 10.5. The smallest absolute Gasteiger partial charge is 0.347 e. The van der Waals surface area contributed by atoms with Gasteiger partial charge in [-0.25, -0.2) is 9.36 Å². The normalized spacial score (nSPS) is 36.1. The number of fused-ring (bicyclic) bond motifs is 1. The van der Waals surface area contributed by atoms with Crippen LogP contribution in [0.5, 0.6) is 0 Å². The maximum atomic E-state index is 12.9. The van der Waals surface area contributed by atoms with Gasteiger partial charge in [-0.1, -0.05) is 26.7 Å². The second-order valence-electron chi connectivity index (χ2n) is 7.16. The average molecular weight is 403 g/mol. The maximum absolute atomic E-state index is 12.9. The molecule has 2 saturated heterocycles. The monoisotopic (exact) mass is 403 g/mol. The van der Waals surface area contributed by atoms with Gasteiger partial charge >= 0.3 is 13.5 Å². The number of aromatic amines is 1. The van der Waals surface area contributed by atoms with Crippen LogP contribution in [0.15, 0.2) is 21.9 Å². The zero-order valence-corrected chi connectivity index (χ0v) is 16.5. The summed E-state index contributed by atoms with van der Waals surface area (Å²) in [4.78, 5) is 25.6. The molecule has 0 bridgehead atoms. The van der Waals surface area contributed by atoms with Crippen LogP contribution in [-0.4, -0.2) is 40.5 Å². The minimum atomic E-state index is -3.79. The number of phosphoric acid groups is 1. The van der Waals surface area contributed by atoms with E-state index in [1.54, 1.807) is 6.92 Å². The zero-order chi connectivity index (χ0) is 19.8. The Morgan fingerprint density at radius 3 is 2.78 bits per heavy atom. The third-order valence-corrected chi connectivity index (χ3v) is 6.57. The molecule has 5 atom stereocenters. The van der Waals surface area contributed by atoms with Gasteiger partial charge < -0.3 is 10.5 Å². The fourth-order valence-electron chi connectivity index (χ4n) is 3.33. The molecule has 3 rings (SSSR count). The van der Waals surface area contributed by atoms with E-state index >= 15 is 0 Å². The van der Waals surface area contributed by atoms with Gasteiger partial charge in [0.25, 0.3) is 5.56 Å². The molecule has 3 heterocycles. The Hall–Kier alpha value is -1.29. The van der Waals surface area contributed by atoms with E-state index < -0.39 is 43.0 Å². The maximum Gasteiger partial charge on any atom is 0.475 e. The van der Waals surface area contributed by atoms with E-state index in [0.717, 1.165) is 12.8 Å². The van der Waals surface area contributed by atoms with Crippen molar-refractivity contribution in [1.82, 2.24) is 9.55 Å². The molecule has 1 aromatic rings. The van der Waals surface area contributed by atoms with Crippen LogP contribution in [0.3, 0.4) is 0 Å². The molecule has 0 amide bonds. The molecule has 2 aliphatic rings. The highest BCUT2D eigenvalue weighted by molar-refractivity contribution is 7.48. The molecule has 3 N–H and O–H groups in total. The molecule has 10 nitrogen and oxygen atoms in total. The fraction of sp³-hybridized carbons (Fsp3) is 0.750. The van der Waals surface area contributed by atoms with Crippen molar-refractivity contribution >= 4 is 7.82 Å². The summed E-state index contributed by atoms with van der Waals surface area (Å²) in [5.74, 6) is 0.248. The number of nitrogens with zero attached hydrogens (tertiary/aromatic N) is 1. The molecule has 11 heteroatoms.